The molecule has 5 nitrogen and oxygen atoms in total. The summed E-state index contributed by atoms with van der Waals surface area (Å²) in [7, 11) is 0. The summed E-state index contributed by atoms with van der Waals surface area (Å²) in [6.07, 6.45) is 1.54. The minimum absolute atomic E-state index is 0.0657. The van der Waals surface area contributed by atoms with E-state index in [0.29, 0.717) is 23.7 Å². The molecule has 2 aromatic heterocycles. The Hall–Kier alpha value is -3.86. The van der Waals surface area contributed by atoms with Crippen LogP contribution in [0, 0.1) is 20.8 Å². The number of amides is 1. The van der Waals surface area contributed by atoms with Gasteiger partial charge in [0.25, 0.3) is 5.91 Å². The van der Waals surface area contributed by atoms with E-state index in [2.05, 4.69) is 5.32 Å². The Morgan fingerprint density at radius 1 is 0.968 bits per heavy atom. The molecule has 0 atom stereocenters. The summed E-state index contributed by atoms with van der Waals surface area (Å²) >= 11 is 0. The summed E-state index contributed by atoms with van der Waals surface area (Å²) < 4.78 is 7.61. The number of hydrogen-bond donors (Lipinski definition) is 1. The minimum Gasteiger partial charge on any atom is -0.463 e. The lowest BCUT2D eigenvalue weighted by Gasteiger charge is -2.19. The molecule has 4 rings (SSSR count). The van der Waals surface area contributed by atoms with Gasteiger partial charge in [-0.05, 0) is 50.1 Å². The van der Waals surface area contributed by atoms with Gasteiger partial charge in [-0.2, -0.15) is 0 Å². The van der Waals surface area contributed by atoms with Crippen molar-refractivity contribution < 1.29 is 9.21 Å². The number of carbonyl (C=O) groups excluding carboxylic acids is 1. The molecule has 0 saturated heterocycles. The molecular weight excluding hydrogens is 388 g/mol. The summed E-state index contributed by atoms with van der Waals surface area (Å²) in [6, 6.07) is 20.7. The molecule has 1 amide bonds. The van der Waals surface area contributed by atoms with E-state index in [1.54, 1.807) is 18.4 Å². The lowest BCUT2D eigenvalue weighted by Crippen LogP contribution is -2.27. The van der Waals surface area contributed by atoms with Gasteiger partial charge < -0.3 is 14.3 Å². The number of carbonyl (C=O) groups is 1. The summed E-state index contributed by atoms with van der Waals surface area (Å²) in [4.78, 5) is 26.3. The van der Waals surface area contributed by atoms with Crippen molar-refractivity contribution in [1.82, 2.24) is 4.57 Å². The number of anilines is 1. The molecule has 2 aromatic carbocycles. The Labute approximate surface area is 181 Å². The van der Waals surface area contributed by atoms with Crippen LogP contribution in [-0.4, -0.2) is 10.5 Å². The van der Waals surface area contributed by atoms with Gasteiger partial charge in [0.1, 0.15) is 11.3 Å². The maximum absolute atomic E-state index is 13.3. The zero-order valence-electron chi connectivity index (χ0n) is 17.8. The van der Waals surface area contributed by atoms with E-state index in [1.165, 1.54) is 11.6 Å². The van der Waals surface area contributed by atoms with E-state index in [1.807, 2.05) is 73.9 Å². The number of benzene rings is 2. The quantitative estimate of drug-likeness (QED) is 0.482. The maximum atomic E-state index is 13.3. The molecule has 0 spiro atoms. The Morgan fingerprint density at radius 2 is 1.71 bits per heavy atom. The van der Waals surface area contributed by atoms with E-state index in [-0.39, 0.29) is 11.0 Å². The fraction of sp³-hybridized carbons (Fsp3) is 0.154. The van der Waals surface area contributed by atoms with Crippen LogP contribution in [0.15, 0.2) is 82.2 Å². The number of aromatic nitrogens is 1. The van der Waals surface area contributed by atoms with E-state index >= 15 is 0 Å². The van der Waals surface area contributed by atoms with Crippen molar-refractivity contribution in [3.8, 4) is 11.5 Å². The van der Waals surface area contributed by atoms with Crippen molar-refractivity contribution in [3.63, 3.8) is 0 Å². The fourth-order valence-electron chi connectivity index (χ4n) is 3.63. The van der Waals surface area contributed by atoms with Crippen LogP contribution in [0.4, 0.5) is 5.69 Å². The van der Waals surface area contributed by atoms with E-state index < -0.39 is 5.91 Å². The predicted molar refractivity (Wildman–Crippen MR) is 123 cm³/mol. The molecule has 0 aliphatic heterocycles. The van der Waals surface area contributed by atoms with Gasteiger partial charge in [0.05, 0.1) is 6.26 Å². The molecule has 0 unspecified atom stereocenters. The number of pyridine rings is 1. The summed E-state index contributed by atoms with van der Waals surface area (Å²) in [5, 5.41) is 2.89. The van der Waals surface area contributed by atoms with Crippen LogP contribution < -0.4 is 10.7 Å². The van der Waals surface area contributed by atoms with Crippen molar-refractivity contribution >= 4 is 11.6 Å². The summed E-state index contributed by atoms with van der Waals surface area (Å²) in [6.45, 7) is 6.32. The highest BCUT2D eigenvalue weighted by Gasteiger charge is 2.24. The molecule has 0 saturated carbocycles. The van der Waals surface area contributed by atoms with Crippen LogP contribution in [0.25, 0.3) is 11.5 Å². The maximum Gasteiger partial charge on any atom is 0.261 e. The van der Waals surface area contributed by atoms with Crippen molar-refractivity contribution in [2.45, 2.75) is 27.3 Å². The van der Waals surface area contributed by atoms with Gasteiger partial charge in [0, 0.05) is 24.0 Å². The number of nitrogens with one attached hydrogen (secondary N) is 1. The van der Waals surface area contributed by atoms with Gasteiger partial charge in [-0.25, -0.2) is 0 Å². The SMILES string of the molecule is Cc1ccc(Cn2c(C)cc(=O)c(C(=O)Nc3ccccc3C)c2-c2ccco2)cc1. The Kier molecular flexibility index (Phi) is 5.58. The smallest absolute Gasteiger partial charge is 0.261 e. The van der Waals surface area contributed by atoms with Crippen molar-refractivity contribution in [2.75, 3.05) is 5.32 Å². The number of hydrogen-bond acceptors (Lipinski definition) is 3. The second-order valence-electron chi connectivity index (χ2n) is 7.69. The first-order chi connectivity index (χ1) is 14.9. The van der Waals surface area contributed by atoms with Gasteiger partial charge >= 0.3 is 0 Å². The molecule has 0 fully saturated rings. The number of furan rings is 1. The number of para-hydroxylation sites is 1. The molecule has 0 aliphatic rings. The zero-order valence-corrected chi connectivity index (χ0v) is 17.8. The minimum atomic E-state index is -0.455. The molecule has 31 heavy (non-hydrogen) atoms. The van der Waals surface area contributed by atoms with Gasteiger partial charge in [-0.1, -0.05) is 48.0 Å². The molecule has 2 heterocycles. The van der Waals surface area contributed by atoms with Crippen LogP contribution in [0.2, 0.25) is 0 Å². The highest BCUT2D eigenvalue weighted by Crippen LogP contribution is 2.26. The fourth-order valence-corrected chi connectivity index (χ4v) is 3.63. The lowest BCUT2D eigenvalue weighted by molar-refractivity contribution is 0.102. The Balaban J connectivity index is 1.86. The number of nitrogens with zero attached hydrogens (tertiary/aromatic N) is 1. The van der Waals surface area contributed by atoms with Crippen molar-refractivity contribution in [1.29, 1.82) is 0 Å². The van der Waals surface area contributed by atoms with Gasteiger partial charge in [-0.15, -0.1) is 0 Å². The highest BCUT2D eigenvalue weighted by molar-refractivity contribution is 6.08. The van der Waals surface area contributed by atoms with Crippen LogP contribution in [0.5, 0.6) is 0 Å². The zero-order chi connectivity index (χ0) is 22.0. The molecule has 4 aromatic rings. The third-order valence-electron chi connectivity index (χ3n) is 5.36. The average Bonchev–Trinajstić information content (AvgIpc) is 3.27. The van der Waals surface area contributed by atoms with Gasteiger partial charge in [0.15, 0.2) is 11.2 Å². The average molecular weight is 412 g/mol. The summed E-state index contributed by atoms with van der Waals surface area (Å²) in [5.41, 5.74) is 4.78. The molecule has 0 radical (unpaired) electrons. The molecule has 5 heteroatoms. The molecule has 0 aliphatic carbocycles. The predicted octanol–water partition coefficient (Wildman–Crippen LogP) is 5.33. The second kappa shape index (κ2) is 8.48. The number of aryl methyl sites for hydroxylation is 3. The largest absolute Gasteiger partial charge is 0.463 e. The number of rotatable bonds is 5. The molecule has 0 bridgehead atoms. The van der Waals surface area contributed by atoms with E-state index in [9.17, 15) is 9.59 Å². The summed E-state index contributed by atoms with van der Waals surface area (Å²) in [5.74, 6) is 0.0196. The Morgan fingerprint density at radius 3 is 2.39 bits per heavy atom. The van der Waals surface area contributed by atoms with Crippen molar-refractivity contribution in [3.05, 3.63) is 111 Å². The first kappa shape index (κ1) is 20.4. The first-order valence-electron chi connectivity index (χ1n) is 10.1. The van der Waals surface area contributed by atoms with E-state index in [0.717, 1.165) is 16.8 Å². The topological polar surface area (TPSA) is 64.2 Å². The van der Waals surface area contributed by atoms with Crippen LogP contribution in [0.3, 0.4) is 0 Å². The lowest BCUT2D eigenvalue weighted by atomic mass is 10.1. The Bertz CT molecular complexity index is 1280. The highest BCUT2D eigenvalue weighted by atomic mass is 16.3. The van der Waals surface area contributed by atoms with Crippen LogP contribution in [0.1, 0.15) is 32.7 Å². The standard InChI is InChI=1S/C26H24N2O3/c1-17-10-12-20(13-11-17)16-28-19(3)15-22(29)24(25(28)23-9-6-14-31-23)26(30)27-21-8-5-4-7-18(21)2/h4-15H,16H2,1-3H3,(H,27,30). The third kappa shape index (κ3) is 4.21. The second-order valence-corrected chi connectivity index (χ2v) is 7.69. The van der Waals surface area contributed by atoms with Crippen molar-refractivity contribution in [2.24, 2.45) is 0 Å². The van der Waals surface area contributed by atoms with Gasteiger partial charge in [0.2, 0.25) is 0 Å². The van der Waals surface area contributed by atoms with Gasteiger partial charge in [-0.3, -0.25) is 9.59 Å². The normalized spacial score (nSPS) is 10.8. The monoisotopic (exact) mass is 412 g/mol. The molecule has 1 N–H and O–H groups in total. The van der Waals surface area contributed by atoms with Crippen LogP contribution in [-0.2, 0) is 6.54 Å². The molecular formula is C26H24N2O3. The van der Waals surface area contributed by atoms with Crippen LogP contribution >= 0.6 is 0 Å². The molecule has 156 valence electrons. The van der Waals surface area contributed by atoms with E-state index in [4.69, 9.17) is 4.42 Å². The third-order valence-corrected chi connectivity index (χ3v) is 5.36. The first-order valence-corrected chi connectivity index (χ1v) is 10.1.